The summed E-state index contributed by atoms with van der Waals surface area (Å²) in [7, 11) is 3.39. The van der Waals surface area contributed by atoms with Crippen LogP contribution in [0.1, 0.15) is 6.42 Å². The van der Waals surface area contributed by atoms with Gasteiger partial charge in [-0.3, -0.25) is 9.78 Å². The van der Waals surface area contributed by atoms with Crippen molar-refractivity contribution in [3.63, 3.8) is 0 Å². The number of ether oxygens (including phenoxy) is 2. The minimum Gasteiger partial charge on any atom is -0.492 e. The fraction of sp³-hybridized carbons (Fsp3) is 0.500. The monoisotopic (exact) mass is 248 g/mol. The minimum absolute atomic E-state index is 0.195. The molecule has 1 aliphatic heterocycles. The fourth-order valence-corrected chi connectivity index (χ4v) is 2.08. The van der Waals surface area contributed by atoms with Crippen molar-refractivity contribution in [2.75, 3.05) is 20.3 Å². The quantitative estimate of drug-likeness (QED) is 0.539. The molecule has 5 nitrogen and oxygen atoms in total. The Morgan fingerprint density at radius 1 is 1.61 bits per heavy atom. The number of aromatic nitrogens is 1. The van der Waals surface area contributed by atoms with Crippen LogP contribution in [0.5, 0.6) is 5.75 Å². The summed E-state index contributed by atoms with van der Waals surface area (Å²) in [6, 6.07) is 1.76. The average Bonchev–Trinajstić information content (AvgIpc) is 2.84. The normalized spacial score (nSPS) is 22.7. The van der Waals surface area contributed by atoms with Crippen LogP contribution in [0.25, 0.3) is 0 Å². The van der Waals surface area contributed by atoms with Crippen molar-refractivity contribution >= 4 is 19.3 Å². The predicted octanol–water partition coefficient (Wildman–Crippen LogP) is -1.13. The van der Waals surface area contributed by atoms with Crippen LogP contribution in [-0.2, 0) is 9.53 Å². The van der Waals surface area contributed by atoms with E-state index in [1.165, 1.54) is 7.11 Å². The van der Waals surface area contributed by atoms with Gasteiger partial charge in [-0.15, -0.1) is 0 Å². The Kier molecular flexibility index (Phi) is 4.20. The van der Waals surface area contributed by atoms with Gasteiger partial charge in [0, 0.05) is 18.7 Å². The molecule has 1 fully saturated rings. The number of carbonyl (C=O) groups is 1. The van der Waals surface area contributed by atoms with Gasteiger partial charge in [-0.05, 0) is 12.5 Å². The van der Waals surface area contributed by atoms with Gasteiger partial charge >= 0.3 is 5.97 Å². The van der Waals surface area contributed by atoms with Crippen molar-refractivity contribution < 1.29 is 14.3 Å². The van der Waals surface area contributed by atoms with Crippen LogP contribution < -0.4 is 15.5 Å². The van der Waals surface area contributed by atoms with E-state index >= 15 is 0 Å². The van der Waals surface area contributed by atoms with Gasteiger partial charge in [0.1, 0.15) is 19.6 Å². The van der Waals surface area contributed by atoms with E-state index in [1.54, 1.807) is 12.4 Å². The summed E-state index contributed by atoms with van der Waals surface area (Å²) in [5.74, 6) is 0.904. The maximum absolute atomic E-state index is 11.3. The molecule has 1 aromatic rings. The van der Waals surface area contributed by atoms with E-state index in [4.69, 9.17) is 9.47 Å². The summed E-state index contributed by atoms with van der Waals surface area (Å²) < 4.78 is 10.4. The number of hydrogen-bond donors (Lipinski definition) is 1. The highest BCUT2D eigenvalue weighted by Gasteiger charge is 2.30. The summed E-state index contributed by atoms with van der Waals surface area (Å²) in [6.07, 6.45) is 4.25. The first-order chi connectivity index (χ1) is 8.69. The average molecular weight is 248 g/mol. The molecule has 1 N–H and O–H groups in total. The van der Waals surface area contributed by atoms with Gasteiger partial charge in [-0.1, -0.05) is 5.46 Å². The lowest BCUT2D eigenvalue weighted by molar-refractivity contribution is -0.142. The second-order valence-electron chi connectivity index (χ2n) is 4.59. The fourth-order valence-electron chi connectivity index (χ4n) is 2.08. The third-order valence-corrected chi connectivity index (χ3v) is 3.04. The number of hydrogen-bond acceptors (Lipinski definition) is 5. The maximum Gasteiger partial charge on any atom is 0.322 e. The molecule has 0 radical (unpaired) electrons. The molecule has 96 valence electrons. The first-order valence-corrected chi connectivity index (χ1v) is 6.04. The zero-order valence-corrected chi connectivity index (χ0v) is 10.7. The standard InChI is InChI=1S/C12H17BN2O3/c1-17-12(16)11-2-8(4-15-11)7-18-10-3-9(13)5-14-6-10/h3,5-6,8,11,15H,2,4,7,13H2,1H3/t8-,11+/m1/s1. The lowest BCUT2D eigenvalue weighted by atomic mass is 9.99. The van der Waals surface area contributed by atoms with Gasteiger partial charge in [-0.2, -0.15) is 0 Å². The maximum atomic E-state index is 11.3. The van der Waals surface area contributed by atoms with E-state index < -0.39 is 0 Å². The molecule has 0 aromatic carbocycles. The van der Waals surface area contributed by atoms with Crippen molar-refractivity contribution in [2.24, 2.45) is 5.92 Å². The van der Waals surface area contributed by atoms with Crippen LogP contribution in [0.4, 0.5) is 0 Å². The SMILES string of the molecule is Bc1cncc(OC[C@H]2CN[C@H](C(=O)OC)C2)c1. The Morgan fingerprint density at radius 3 is 3.17 bits per heavy atom. The largest absolute Gasteiger partial charge is 0.492 e. The molecule has 18 heavy (non-hydrogen) atoms. The lowest BCUT2D eigenvalue weighted by Gasteiger charge is -2.11. The molecular weight excluding hydrogens is 231 g/mol. The van der Waals surface area contributed by atoms with Gasteiger partial charge < -0.3 is 14.8 Å². The molecule has 1 aliphatic rings. The van der Waals surface area contributed by atoms with Gasteiger partial charge in [0.2, 0.25) is 0 Å². The highest BCUT2D eigenvalue weighted by molar-refractivity contribution is 6.32. The predicted molar refractivity (Wildman–Crippen MR) is 69.8 cm³/mol. The number of pyridine rings is 1. The Balaban J connectivity index is 1.80. The lowest BCUT2D eigenvalue weighted by Crippen LogP contribution is -2.31. The van der Waals surface area contributed by atoms with E-state index in [0.29, 0.717) is 12.5 Å². The second kappa shape index (κ2) is 5.86. The molecule has 0 aliphatic carbocycles. The Bertz CT molecular complexity index is 428. The molecule has 0 amide bonds. The Morgan fingerprint density at radius 2 is 2.44 bits per heavy atom. The van der Waals surface area contributed by atoms with E-state index in [2.05, 4.69) is 10.3 Å². The van der Waals surface area contributed by atoms with E-state index in [-0.39, 0.29) is 12.0 Å². The number of methoxy groups -OCH3 is 1. The van der Waals surface area contributed by atoms with Crippen LogP contribution in [0.2, 0.25) is 0 Å². The molecule has 1 aromatic heterocycles. The molecule has 6 heteroatoms. The van der Waals surface area contributed by atoms with Crippen molar-refractivity contribution in [3.8, 4) is 5.75 Å². The number of rotatable bonds is 4. The van der Waals surface area contributed by atoms with Gasteiger partial charge in [0.15, 0.2) is 0 Å². The van der Waals surface area contributed by atoms with Crippen LogP contribution in [-0.4, -0.2) is 45.1 Å². The molecule has 0 bridgehead atoms. The molecule has 2 heterocycles. The van der Waals surface area contributed by atoms with E-state index in [1.807, 2.05) is 13.9 Å². The number of carbonyl (C=O) groups excluding carboxylic acids is 1. The van der Waals surface area contributed by atoms with Gasteiger partial charge in [0.05, 0.1) is 19.9 Å². The van der Waals surface area contributed by atoms with Crippen LogP contribution in [0, 0.1) is 5.92 Å². The van der Waals surface area contributed by atoms with Crippen LogP contribution in [0.15, 0.2) is 18.5 Å². The molecule has 2 rings (SSSR count). The number of nitrogens with zero attached hydrogens (tertiary/aromatic N) is 1. The summed E-state index contributed by atoms with van der Waals surface area (Å²) in [6.45, 7) is 1.37. The van der Waals surface area contributed by atoms with Crippen LogP contribution in [0.3, 0.4) is 0 Å². The highest BCUT2D eigenvalue weighted by Crippen LogP contribution is 2.16. The Labute approximate surface area is 107 Å². The van der Waals surface area contributed by atoms with E-state index in [9.17, 15) is 4.79 Å². The molecule has 0 saturated carbocycles. The van der Waals surface area contributed by atoms with E-state index in [0.717, 1.165) is 24.2 Å². The molecule has 0 spiro atoms. The molecule has 0 unspecified atom stereocenters. The topological polar surface area (TPSA) is 60.5 Å². The summed E-state index contributed by atoms with van der Waals surface area (Å²) in [4.78, 5) is 15.4. The Hall–Kier alpha value is -1.56. The number of esters is 1. The second-order valence-corrected chi connectivity index (χ2v) is 4.59. The van der Waals surface area contributed by atoms with Crippen molar-refractivity contribution in [3.05, 3.63) is 18.5 Å². The van der Waals surface area contributed by atoms with Crippen LogP contribution >= 0.6 is 0 Å². The summed E-state index contributed by atoms with van der Waals surface area (Å²) in [5.41, 5.74) is 1.07. The van der Waals surface area contributed by atoms with Crippen molar-refractivity contribution in [2.45, 2.75) is 12.5 Å². The summed E-state index contributed by atoms with van der Waals surface area (Å²) >= 11 is 0. The zero-order valence-electron chi connectivity index (χ0n) is 10.7. The summed E-state index contributed by atoms with van der Waals surface area (Å²) in [5, 5.41) is 3.13. The third kappa shape index (κ3) is 3.23. The van der Waals surface area contributed by atoms with Crippen molar-refractivity contribution in [1.29, 1.82) is 0 Å². The first kappa shape index (κ1) is 12.9. The molecule has 2 atom stereocenters. The first-order valence-electron chi connectivity index (χ1n) is 6.04. The van der Waals surface area contributed by atoms with Crippen molar-refractivity contribution in [1.82, 2.24) is 10.3 Å². The zero-order chi connectivity index (χ0) is 13.0. The third-order valence-electron chi connectivity index (χ3n) is 3.04. The smallest absolute Gasteiger partial charge is 0.322 e. The van der Waals surface area contributed by atoms with Gasteiger partial charge in [0.25, 0.3) is 0 Å². The minimum atomic E-state index is -0.199. The molecular formula is C12H17BN2O3. The van der Waals surface area contributed by atoms with Gasteiger partial charge in [-0.25, -0.2) is 0 Å². The highest BCUT2D eigenvalue weighted by atomic mass is 16.5. The number of nitrogens with one attached hydrogen (secondary N) is 1. The molecule has 1 saturated heterocycles.